The minimum absolute atomic E-state index is 0.642. The zero-order valence-electron chi connectivity index (χ0n) is 10.3. The van der Waals surface area contributed by atoms with E-state index in [1.807, 2.05) is 6.92 Å². The Labute approximate surface area is 90.4 Å². The Hall–Kier alpha value is -0.780. The van der Waals surface area contributed by atoms with Crippen LogP contribution in [0.1, 0.15) is 40.5 Å². The van der Waals surface area contributed by atoms with Gasteiger partial charge in [0.2, 0.25) is 0 Å². The first-order chi connectivity index (χ1) is 6.57. The summed E-state index contributed by atoms with van der Waals surface area (Å²) in [6, 6.07) is 0. The average molecular weight is 194 g/mol. The zero-order chi connectivity index (χ0) is 11.6. The van der Waals surface area contributed by atoms with Gasteiger partial charge in [-0.1, -0.05) is 51.5 Å². The van der Waals surface area contributed by atoms with E-state index < -0.39 is 0 Å². The molecule has 0 aromatic heterocycles. The van der Waals surface area contributed by atoms with Crippen molar-refractivity contribution in [3.63, 3.8) is 0 Å². The van der Waals surface area contributed by atoms with Crippen LogP contribution >= 0.6 is 0 Å². The predicted molar refractivity (Wildman–Crippen MR) is 68.4 cm³/mol. The molecule has 0 N–H and O–H groups in total. The molecule has 0 saturated heterocycles. The van der Waals surface area contributed by atoms with Gasteiger partial charge in [0, 0.05) is 0 Å². The summed E-state index contributed by atoms with van der Waals surface area (Å²) in [6.45, 7) is 18.9. The van der Waals surface area contributed by atoms with Crippen LogP contribution in [-0.4, -0.2) is 0 Å². The van der Waals surface area contributed by atoms with Gasteiger partial charge in [-0.3, -0.25) is 0 Å². The molecule has 0 fully saturated rings. The van der Waals surface area contributed by atoms with E-state index in [1.165, 1.54) is 18.4 Å². The first-order valence-electron chi connectivity index (χ1n) is 5.39. The lowest BCUT2D eigenvalue weighted by Crippen LogP contribution is -1.98. The highest BCUT2D eigenvalue weighted by atomic mass is 14.1. The van der Waals surface area contributed by atoms with Crippen molar-refractivity contribution in [1.29, 1.82) is 0 Å². The predicted octanol–water partition coefficient (Wildman–Crippen LogP) is 4.99. The van der Waals surface area contributed by atoms with Crippen LogP contribution in [0.3, 0.4) is 0 Å². The summed E-state index contributed by atoms with van der Waals surface area (Å²) < 4.78 is 0. The summed E-state index contributed by atoms with van der Waals surface area (Å²) in [6.07, 6.45) is 6.75. The van der Waals surface area contributed by atoms with Crippen molar-refractivity contribution in [3.8, 4) is 0 Å². The van der Waals surface area contributed by atoms with Crippen molar-refractivity contribution in [2.24, 2.45) is 11.8 Å². The summed E-state index contributed by atoms with van der Waals surface area (Å²) >= 11 is 0. The van der Waals surface area contributed by atoms with Gasteiger partial charge in [0.1, 0.15) is 0 Å². The Morgan fingerprint density at radius 2 is 1.64 bits per heavy atom. The SMILES string of the molecule is C=C.C=C(/C=C\C)C(C)CCC(C)C. The number of hydrogen-bond acceptors (Lipinski definition) is 0. The molecule has 0 rings (SSSR count). The minimum Gasteiger partial charge on any atom is -0.106 e. The second-order valence-electron chi connectivity index (χ2n) is 3.95. The third-order valence-electron chi connectivity index (χ3n) is 2.19. The summed E-state index contributed by atoms with van der Waals surface area (Å²) in [7, 11) is 0. The summed E-state index contributed by atoms with van der Waals surface area (Å²) in [5.41, 5.74) is 1.26. The van der Waals surface area contributed by atoms with E-state index >= 15 is 0 Å². The van der Waals surface area contributed by atoms with E-state index in [0.717, 1.165) is 5.92 Å². The molecule has 0 aromatic rings. The monoisotopic (exact) mass is 194 g/mol. The molecular weight excluding hydrogens is 168 g/mol. The third kappa shape index (κ3) is 9.31. The average Bonchev–Trinajstić information content (AvgIpc) is 2.17. The zero-order valence-corrected chi connectivity index (χ0v) is 10.3. The Morgan fingerprint density at radius 1 is 1.14 bits per heavy atom. The van der Waals surface area contributed by atoms with Gasteiger partial charge >= 0.3 is 0 Å². The Kier molecular flexibility index (Phi) is 11.5. The van der Waals surface area contributed by atoms with Gasteiger partial charge in [-0.2, -0.15) is 0 Å². The normalized spacial score (nSPS) is 12.4. The van der Waals surface area contributed by atoms with Crippen molar-refractivity contribution in [3.05, 3.63) is 37.5 Å². The standard InChI is InChI=1S/C12H22.C2H4/c1-6-7-11(4)12(5)9-8-10(2)3;1-2/h6-7,10,12H,4,8-9H2,1-3,5H3;1-2H2/b7-6-;. The van der Waals surface area contributed by atoms with Crippen molar-refractivity contribution in [1.82, 2.24) is 0 Å². The molecule has 0 bridgehead atoms. The van der Waals surface area contributed by atoms with E-state index in [1.54, 1.807) is 0 Å². The lowest BCUT2D eigenvalue weighted by molar-refractivity contribution is 0.494. The minimum atomic E-state index is 0.642. The fraction of sp³-hybridized carbons (Fsp3) is 0.571. The maximum Gasteiger partial charge on any atom is -0.0196 e. The second-order valence-corrected chi connectivity index (χ2v) is 3.95. The molecule has 0 heterocycles. The van der Waals surface area contributed by atoms with Crippen molar-refractivity contribution in [2.45, 2.75) is 40.5 Å². The molecule has 0 amide bonds. The lowest BCUT2D eigenvalue weighted by Gasteiger charge is -2.12. The number of allylic oxidation sites excluding steroid dienone is 3. The molecule has 82 valence electrons. The molecule has 0 aliphatic carbocycles. The van der Waals surface area contributed by atoms with Gasteiger partial charge in [0.15, 0.2) is 0 Å². The van der Waals surface area contributed by atoms with E-state index in [-0.39, 0.29) is 0 Å². The highest BCUT2D eigenvalue weighted by Crippen LogP contribution is 2.18. The fourth-order valence-electron chi connectivity index (χ4n) is 1.15. The van der Waals surface area contributed by atoms with Crippen LogP contribution in [0.4, 0.5) is 0 Å². The van der Waals surface area contributed by atoms with Crippen LogP contribution in [0.2, 0.25) is 0 Å². The smallest absolute Gasteiger partial charge is 0.0196 e. The van der Waals surface area contributed by atoms with Gasteiger partial charge in [-0.05, 0) is 25.2 Å². The molecule has 0 aliphatic heterocycles. The highest BCUT2D eigenvalue weighted by molar-refractivity contribution is 5.16. The first-order valence-corrected chi connectivity index (χ1v) is 5.39. The highest BCUT2D eigenvalue weighted by Gasteiger charge is 2.04. The number of rotatable bonds is 5. The topological polar surface area (TPSA) is 0 Å². The van der Waals surface area contributed by atoms with Crippen LogP contribution < -0.4 is 0 Å². The molecule has 14 heavy (non-hydrogen) atoms. The summed E-state index contributed by atoms with van der Waals surface area (Å²) in [5, 5.41) is 0. The molecule has 0 spiro atoms. The molecule has 0 saturated carbocycles. The second kappa shape index (κ2) is 10.3. The molecule has 0 aromatic carbocycles. The molecule has 0 aliphatic rings. The molecule has 1 atom stereocenters. The van der Waals surface area contributed by atoms with Crippen molar-refractivity contribution < 1.29 is 0 Å². The molecule has 0 heteroatoms. The van der Waals surface area contributed by atoms with Gasteiger partial charge < -0.3 is 0 Å². The fourth-order valence-corrected chi connectivity index (χ4v) is 1.15. The van der Waals surface area contributed by atoms with E-state index in [2.05, 4.69) is 52.7 Å². The Balaban J connectivity index is 0. The molecule has 0 radical (unpaired) electrons. The van der Waals surface area contributed by atoms with Crippen LogP contribution in [0, 0.1) is 11.8 Å². The van der Waals surface area contributed by atoms with Gasteiger partial charge in [0.05, 0.1) is 0 Å². The largest absolute Gasteiger partial charge is 0.106 e. The maximum absolute atomic E-state index is 4.04. The van der Waals surface area contributed by atoms with Crippen LogP contribution in [-0.2, 0) is 0 Å². The third-order valence-corrected chi connectivity index (χ3v) is 2.19. The van der Waals surface area contributed by atoms with Crippen LogP contribution in [0.5, 0.6) is 0 Å². The van der Waals surface area contributed by atoms with Crippen molar-refractivity contribution in [2.75, 3.05) is 0 Å². The van der Waals surface area contributed by atoms with Crippen LogP contribution in [0.25, 0.3) is 0 Å². The van der Waals surface area contributed by atoms with Crippen LogP contribution in [0.15, 0.2) is 37.5 Å². The van der Waals surface area contributed by atoms with E-state index in [4.69, 9.17) is 0 Å². The van der Waals surface area contributed by atoms with Crippen molar-refractivity contribution >= 4 is 0 Å². The molecular formula is C14H26. The van der Waals surface area contributed by atoms with E-state index in [0.29, 0.717) is 5.92 Å². The lowest BCUT2D eigenvalue weighted by atomic mass is 9.93. The quantitative estimate of drug-likeness (QED) is 0.427. The Bertz CT molecular complexity index is 163. The maximum atomic E-state index is 4.04. The van der Waals surface area contributed by atoms with Gasteiger partial charge in [-0.25, -0.2) is 0 Å². The Morgan fingerprint density at radius 3 is 2.00 bits per heavy atom. The summed E-state index contributed by atoms with van der Waals surface area (Å²) in [5.74, 6) is 1.45. The van der Waals surface area contributed by atoms with Gasteiger partial charge in [-0.15, -0.1) is 13.2 Å². The molecule has 0 nitrogen and oxygen atoms in total. The number of hydrogen-bond donors (Lipinski definition) is 0. The first kappa shape index (κ1) is 15.7. The van der Waals surface area contributed by atoms with E-state index in [9.17, 15) is 0 Å². The van der Waals surface area contributed by atoms with Gasteiger partial charge in [0.25, 0.3) is 0 Å². The summed E-state index contributed by atoms with van der Waals surface area (Å²) in [4.78, 5) is 0. The molecule has 1 unspecified atom stereocenters.